The molecule has 0 aromatic rings. The predicted molar refractivity (Wildman–Crippen MR) is 104 cm³/mol. The molecule has 0 aliphatic rings. The van der Waals surface area contributed by atoms with Gasteiger partial charge in [-0.25, -0.2) is 0 Å². The van der Waals surface area contributed by atoms with Crippen LogP contribution in [-0.4, -0.2) is 123 Å². The Morgan fingerprint density at radius 3 is 2.00 bits per heavy atom. The van der Waals surface area contributed by atoms with Crippen molar-refractivity contribution in [2.24, 2.45) is 11.7 Å². The Morgan fingerprint density at radius 1 is 0.867 bits per heavy atom. The van der Waals surface area contributed by atoms with Gasteiger partial charge in [0, 0.05) is 45.6 Å². The lowest BCUT2D eigenvalue weighted by Gasteiger charge is -2.28. The minimum Gasteiger partial charge on any atom is -0.481 e. The maximum absolute atomic E-state index is 12.0. The number of amides is 1. The Labute approximate surface area is 174 Å². The van der Waals surface area contributed by atoms with Gasteiger partial charge in [-0.1, -0.05) is 0 Å². The summed E-state index contributed by atoms with van der Waals surface area (Å²) in [6, 6.07) is 0. The number of aliphatic carboxylic acids is 2. The van der Waals surface area contributed by atoms with Gasteiger partial charge in [0.05, 0.1) is 13.1 Å². The van der Waals surface area contributed by atoms with Gasteiger partial charge in [0.15, 0.2) is 12.6 Å². The van der Waals surface area contributed by atoms with Gasteiger partial charge < -0.3 is 41.7 Å². The quantitative estimate of drug-likeness (QED) is 0.0968. The molecule has 13 nitrogen and oxygen atoms in total. The summed E-state index contributed by atoms with van der Waals surface area (Å²) in [4.78, 5) is 36.9. The molecule has 0 fully saturated rings. The fraction of sp³-hybridized carbons (Fsp3) is 0.824. The topological polar surface area (TPSA) is 217 Å². The number of aliphatic hydroxyl groups excluding tert-OH is 2. The molecule has 0 heterocycles. The zero-order chi connectivity index (χ0) is 23.1. The van der Waals surface area contributed by atoms with E-state index in [2.05, 4.69) is 5.32 Å². The highest BCUT2D eigenvalue weighted by Gasteiger charge is 2.20. The second kappa shape index (κ2) is 15.9. The SMILES string of the molecule is NCCNC(=O)CN(CCC(CC(=O)O)CC(O)O)CCN(CC(=O)O)CC(O)O. The molecule has 176 valence electrons. The lowest BCUT2D eigenvalue weighted by atomic mass is 9.97. The number of hydrogen-bond donors (Lipinski definition) is 8. The highest BCUT2D eigenvalue weighted by Crippen LogP contribution is 2.16. The summed E-state index contributed by atoms with van der Waals surface area (Å²) in [5.41, 5.74) is 5.35. The molecule has 0 rings (SSSR count). The van der Waals surface area contributed by atoms with Crippen molar-refractivity contribution in [2.75, 3.05) is 52.4 Å². The first-order chi connectivity index (χ1) is 14.0. The average molecular weight is 438 g/mol. The van der Waals surface area contributed by atoms with Crippen molar-refractivity contribution in [2.45, 2.75) is 31.8 Å². The minimum atomic E-state index is -1.73. The number of nitrogens with zero attached hydrogens (tertiary/aromatic N) is 2. The molecule has 9 N–H and O–H groups in total. The van der Waals surface area contributed by atoms with Crippen molar-refractivity contribution in [3.8, 4) is 0 Å². The standard InChI is InChI=1S/C17H34N4O9/c18-2-3-19-13(22)9-20(4-1-12(7-14(23)24)8-15(25)26)5-6-21(10-16(27)28)11-17(29)30/h12,14,16,23-24,27-28H,1-11,18H2,(H,19,22)(H,25,26)(H,29,30). The van der Waals surface area contributed by atoms with Crippen LogP contribution < -0.4 is 11.1 Å². The summed E-state index contributed by atoms with van der Waals surface area (Å²) in [5.74, 6) is -3.10. The predicted octanol–water partition coefficient (Wildman–Crippen LogP) is -3.76. The van der Waals surface area contributed by atoms with Gasteiger partial charge in [-0.3, -0.25) is 24.2 Å². The van der Waals surface area contributed by atoms with Gasteiger partial charge in [-0.15, -0.1) is 0 Å². The van der Waals surface area contributed by atoms with E-state index in [1.54, 1.807) is 4.90 Å². The third-order valence-corrected chi connectivity index (χ3v) is 4.21. The molecule has 0 bridgehead atoms. The Bertz CT molecular complexity index is 485. The van der Waals surface area contributed by atoms with Crippen LogP contribution in [0.15, 0.2) is 0 Å². The molecule has 30 heavy (non-hydrogen) atoms. The molecule has 1 unspecified atom stereocenters. The normalized spacial score (nSPS) is 12.7. The molecule has 0 radical (unpaired) electrons. The van der Waals surface area contributed by atoms with E-state index in [0.29, 0.717) is 0 Å². The number of carboxylic acids is 2. The van der Waals surface area contributed by atoms with Crippen molar-refractivity contribution in [3.05, 3.63) is 0 Å². The number of carbonyl (C=O) groups excluding carboxylic acids is 1. The largest absolute Gasteiger partial charge is 0.481 e. The number of carboxylic acid groups (broad SMARTS) is 2. The highest BCUT2D eigenvalue weighted by molar-refractivity contribution is 5.78. The summed E-state index contributed by atoms with van der Waals surface area (Å²) < 4.78 is 0. The monoisotopic (exact) mass is 438 g/mol. The van der Waals surface area contributed by atoms with Gasteiger partial charge >= 0.3 is 11.9 Å². The fourth-order valence-electron chi connectivity index (χ4n) is 2.89. The van der Waals surface area contributed by atoms with Crippen LogP contribution in [0.5, 0.6) is 0 Å². The van der Waals surface area contributed by atoms with E-state index in [9.17, 15) is 14.4 Å². The highest BCUT2D eigenvalue weighted by atomic mass is 16.5. The second-order valence-corrected chi connectivity index (χ2v) is 6.99. The van der Waals surface area contributed by atoms with Crippen molar-refractivity contribution in [1.82, 2.24) is 15.1 Å². The maximum atomic E-state index is 12.0. The van der Waals surface area contributed by atoms with E-state index >= 15 is 0 Å². The van der Waals surface area contributed by atoms with Gasteiger partial charge in [-0.05, 0) is 18.9 Å². The first-order valence-corrected chi connectivity index (χ1v) is 9.60. The van der Waals surface area contributed by atoms with Crippen LogP contribution in [0, 0.1) is 5.92 Å². The van der Waals surface area contributed by atoms with Crippen LogP contribution in [0.3, 0.4) is 0 Å². The molecule has 0 saturated heterocycles. The Hall–Kier alpha value is -1.87. The summed E-state index contributed by atoms with van der Waals surface area (Å²) in [6.07, 6.45) is -3.53. The number of aliphatic hydroxyl groups is 4. The first-order valence-electron chi connectivity index (χ1n) is 9.60. The number of nitrogens with two attached hydrogens (primary N) is 1. The molecular weight excluding hydrogens is 404 g/mol. The van der Waals surface area contributed by atoms with Crippen molar-refractivity contribution in [3.63, 3.8) is 0 Å². The molecule has 13 heteroatoms. The number of hydrogen-bond acceptors (Lipinski definition) is 10. The van der Waals surface area contributed by atoms with E-state index in [-0.39, 0.29) is 71.0 Å². The molecule has 0 aromatic heterocycles. The van der Waals surface area contributed by atoms with Crippen LogP contribution in [-0.2, 0) is 14.4 Å². The lowest BCUT2D eigenvalue weighted by Crippen LogP contribution is -2.45. The summed E-state index contributed by atoms with van der Waals surface area (Å²) in [7, 11) is 0. The number of carbonyl (C=O) groups is 3. The first kappa shape index (κ1) is 28.1. The zero-order valence-electron chi connectivity index (χ0n) is 16.9. The Morgan fingerprint density at radius 2 is 1.50 bits per heavy atom. The molecule has 1 atom stereocenters. The van der Waals surface area contributed by atoms with Gasteiger partial charge in [0.1, 0.15) is 0 Å². The third kappa shape index (κ3) is 16.0. The summed E-state index contributed by atoms with van der Waals surface area (Å²) in [6.45, 7) is 0.278. The van der Waals surface area contributed by atoms with E-state index in [1.807, 2.05) is 0 Å². The maximum Gasteiger partial charge on any atom is 0.317 e. The van der Waals surface area contributed by atoms with E-state index in [1.165, 1.54) is 4.90 Å². The molecular formula is C17H34N4O9. The van der Waals surface area contributed by atoms with E-state index in [0.717, 1.165) is 0 Å². The van der Waals surface area contributed by atoms with Crippen LogP contribution in [0.1, 0.15) is 19.3 Å². The third-order valence-electron chi connectivity index (χ3n) is 4.21. The molecule has 0 spiro atoms. The summed E-state index contributed by atoms with van der Waals surface area (Å²) in [5, 5.41) is 57.1. The van der Waals surface area contributed by atoms with Crippen molar-refractivity contribution in [1.29, 1.82) is 0 Å². The van der Waals surface area contributed by atoms with Gasteiger partial charge in [0.2, 0.25) is 5.91 Å². The summed E-state index contributed by atoms with van der Waals surface area (Å²) >= 11 is 0. The Balaban J connectivity index is 5.02. The molecule has 0 aliphatic heterocycles. The minimum absolute atomic E-state index is 0.0654. The van der Waals surface area contributed by atoms with Gasteiger partial charge in [0.25, 0.3) is 0 Å². The molecule has 0 aromatic carbocycles. The van der Waals surface area contributed by atoms with Crippen molar-refractivity contribution >= 4 is 17.8 Å². The van der Waals surface area contributed by atoms with Crippen LogP contribution >= 0.6 is 0 Å². The lowest BCUT2D eigenvalue weighted by molar-refractivity contribution is -0.140. The van der Waals surface area contributed by atoms with Crippen LogP contribution in [0.4, 0.5) is 0 Å². The molecule has 0 aliphatic carbocycles. The van der Waals surface area contributed by atoms with E-state index in [4.69, 9.17) is 36.4 Å². The second-order valence-electron chi connectivity index (χ2n) is 6.99. The van der Waals surface area contributed by atoms with Crippen molar-refractivity contribution < 1.29 is 45.0 Å². The molecule has 1 amide bonds. The van der Waals surface area contributed by atoms with E-state index < -0.39 is 37.0 Å². The number of nitrogens with one attached hydrogen (secondary N) is 1. The average Bonchev–Trinajstić information content (AvgIpc) is 2.59. The number of rotatable bonds is 18. The van der Waals surface area contributed by atoms with Crippen LogP contribution in [0.2, 0.25) is 0 Å². The Kier molecular flexibility index (Phi) is 14.9. The fourth-order valence-corrected chi connectivity index (χ4v) is 2.89. The van der Waals surface area contributed by atoms with Crippen LogP contribution in [0.25, 0.3) is 0 Å². The smallest absolute Gasteiger partial charge is 0.317 e. The molecule has 0 saturated carbocycles. The zero-order valence-corrected chi connectivity index (χ0v) is 16.9. The van der Waals surface area contributed by atoms with Gasteiger partial charge in [-0.2, -0.15) is 0 Å².